The maximum atomic E-state index is 13.1. The molecule has 1 amide bonds. The van der Waals surface area contributed by atoms with Crippen LogP contribution >= 0.6 is 0 Å². The van der Waals surface area contributed by atoms with Gasteiger partial charge in [0.15, 0.2) is 0 Å². The number of carbonyl (C=O) groups excluding carboxylic acids is 1. The van der Waals surface area contributed by atoms with Crippen LogP contribution in [0.4, 0.5) is 21.5 Å². The van der Waals surface area contributed by atoms with Gasteiger partial charge in [-0.15, -0.1) is 0 Å². The molecule has 2 rings (SSSR count). The normalized spacial score (nSPS) is 10.7. The van der Waals surface area contributed by atoms with E-state index in [2.05, 4.69) is 5.32 Å². The van der Waals surface area contributed by atoms with Crippen molar-refractivity contribution in [2.75, 3.05) is 24.3 Å². The zero-order chi connectivity index (χ0) is 18.6. The molecule has 6 nitrogen and oxygen atoms in total. The molecule has 25 heavy (non-hydrogen) atoms. The number of aryl methyl sites for hydroxylation is 1. The van der Waals surface area contributed by atoms with E-state index >= 15 is 0 Å². The van der Waals surface area contributed by atoms with Crippen LogP contribution < -0.4 is 10.2 Å². The van der Waals surface area contributed by atoms with Crippen LogP contribution in [-0.4, -0.2) is 24.9 Å². The van der Waals surface area contributed by atoms with E-state index in [4.69, 9.17) is 0 Å². The van der Waals surface area contributed by atoms with Gasteiger partial charge in [-0.1, -0.05) is 0 Å². The fourth-order valence-corrected chi connectivity index (χ4v) is 2.22. The van der Waals surface area contributed by atoms with E-state index in [0.717, 1.165) is 23.4 Å². The lowest BCUT2D eigenvalue weighted by Crippen LogP contribution is -2.11. The van der Waals surface area contributed by atoms with Crippen molar-refractivity contribution in [1.82, 2.24) is 0 Å². The van der Waals surface area contributed by atoms with Gasteiger partial charge in [0.2, 0.25) is 5.91 Å². The lowest BCUT2D eigenvalue weighted by molar-refractivity contribution is -0.385. The van der Waals surface area contributed by atoms with Gasteiger partial charge in [0.1, 0.15) is 5.82 Å². The average Bonchev–Trinajstić information content (AvgIpc) is 2.55. The molecule has 2 aromatic rings. The standard InChI is InChI=1S/C18H18FN3O3/c1-12-10-15(21(2)3)7-8-16(12)20-18(23)9-5-13-4-6-14(19)11-17(13)22(24)25/h4-11H,1-3H3,(H,20,23). The predicted octanol–water partition coefficient (Wildman–Crippen LogP) is 3.76. The molecular formula is C18H18FN3O3. The number of hydrogen-bond donors (Lipinski definition) is 1. The topological polar surface area (TPSA) is 75.5 Å². The summed E-state index contributed by atoms with van der Waals surface area (Å²) >= 11 is 0. The van der Waals surface area contributed by atoms with Crippen LogP contribution in [0, 0.1) is 22.9 Å². The van der Waals surface area contributed by atoms with Crippen molar-refractivity contribution in [1.29, 1.82) is 0 Å². The van der Waals surface area contributed by atoms with Gasteiger partial charge >= 0.3 is 0 Å². The molecule has 1 N–H and O–H groups in total. The molecule has 0 bridgehead atoms. The highest BCUT2D eigenvalue weighted by Crippen LogP contribution is 2.23. The van der Waals surface area contributed by atoms with Crippen molar-refractivity contribution < 1.29 is 14.1 Å². The zero-order valence-corrected chi connectivity index (χ0v) is 14.1. The van der Waals surface area contributed by atoms with Crippen molar-refractivity contribution in [3.8, 4) is 0 Å². The van der Waals surface area contributed by atoms with E-state index in [1.54, 1.807) is 6.07 Å². The predicted molar refractivity (Wildman–Crippen MR) is 96.2 cm³/mol. The molecule has 0 atom stereocenters. The molecule has 0 aliphatic heterocycles. The van der Waals surface area contributed by atoms with Gasteiger partial charge in [0.05, 0.1) is 16.6 Å². The first-order chi connectivity index (χ1) is 11.8. The molecule has 0 unspecified atom stereocenters. The van der Waals surface area contributed by atoms with E-state index in [9.17, 15) is 19.3 Å². The number of carbonyl (C=O) groups is 1. The highest BCUT2D eigenvalue weighted by molar-refractivity contribution is 6.02. The second-order valence-electron chi connectivity index (χ2n) is 5.68. The van der Waals surface area contributed by atoms with Crippen LogP contribution in [0.15, 0.2) is 42.5 Å². The van der Waals surface area contributed by atoms with Crippen molar-refractivity contribution >= 4 is 29.0 Å². The molecule has 0 fully saturated rings. The van der Waals surface area contributed by atoms with Crippen LogP contribution in [0.5, 0.6) is 0 Å². The molecule has 0 spiro atoms. The van der Waals surface area contributed by atoms with Gasteiger partial charge < -0.3 is 10.2 Å². The van der Waals surface area contributed by atoms with Crippen molar-refractivity contribution in [2.45, 2.75) is 6.92 Å². The lowest BCUT2D eigenvalue weighted by atomic mass is 10.1. The molecule has 0 aliphatic carbocycles. The summed E-state index contributed by atoms with van der Waals surface area (Å²) in [6.45, 7) is 1.87. The van der Waals surface area contributed by atoms with Crippen LogP contribution in [0.3, 0.4) is 0 Å². The number of amides is 1. The quantitative estimate of drug-likeness (QED) is 0.509. The first kappa shape index (κ1) is 18.1. The third kappa shape index (κ3) is 4.63. The SMILES string of the molecule is Cc1cc(N(C)C)ccc1NC(=O)C=Cc1ccc(F)cc1[N+](=O)[O-]. The fourth-order valence-electron chi connectivity index (χ4n) is 2.22. The monoisotopic (exact) mass is 343 g/mol. The Morgan fingerprint density at radius 1 is 1.24 bits per heavy atom. The van der Waals surface area contributed by atoms with Gasteiger partial charge in [0, 0.05) is 31.5 Å². The fraction of sp³-hybridized carbons (Fsp3) is 0.167. The number of anilines is 2. The second-order valence-corrected chi connectivity index (χ2v) is 5.68. The van der Waals surface area contributed by atoms with E-state index < -0.39 is 22.3 Å². The summed E-state index contributed by atoms with van der Waals surface area (Å²) in [4.78, 5) is 24.3. The number of nitrogens with one attached hydrogen (secondary N) is 1. The Hall–Kier alpha value is -3.22. The van der Waals surface area contributed by atoms with E-state index in [-0.39, 0.29) is 5.56 Å². The van der Waals surface area contributed by atoms with Gasteiger partial charge in [0.25, 0.3) is 5.69 Å². The minimum absolute atomic E-state index is 0.154. The number of benzene rings is 2. The minimum Gasteiger partial charge on any atom is -0.378 e. The first-order valence-corrected chi connectivity index (χ1v) is 7.49. The number of hydrogen-bond acceptors (Lipinski definition) is 4. The van der Waals surface area contributed by atoms with E-state index in [0.29, 0.717) is 5.69 Å². The van der Waals surface area contributed by atoms with E-state index in [1.165, 1.54) is 18.2 Å². The maximum Gasteiger partial charge on any atom is 0.279 e. The third-order valence-electron chi connectivity index (χ3n) is 3.59. The molecule has 7 heteroatoms. The molecule has 2 aromatic carbocycles. The molecule has 0 aliphatic rings. The Morgan fingerprint density at radius 3 is 2.56 bits per heavy atom. The Morgan fingerprint density at radius 2 is 1.96 bits per heavy atom. The number of rotatable bonds is 5. The summed E-state index contributed by atoms with van der Waals surface area (Å²) in [7, 11) is 3.84. The number of nitrogens with zero attached hydrogens (tertiary/aromatic N) is 2. The smallest absolute Gasteiger partial charge is 0.279 e. The summed E-state index contributed by atoms with van der Waals surface area (Å²) in [5.74, 6) is -1.13. The highest BCUT2D eigenvalue weighted by atomic mass is 19.1. The number of nitro benzene ring substituents is 1. The highest BCUT2D eigenvalue weighted by Gasteiger charge is 2.13. The van der Waals surface area contributed by atoms with Crippen molar-refractivity contribution in [2.24, 2.45) is 0 Å². The second kappa shape index (κ2) is 7.57. The largest absolute Gasteiger partial charge is 0.378 e. The van der Waals surface area contributed by atoms with Crippen LogP contribution in [0.1, 0.15) is 11.1 Å². The van der Waals surface area contributed by atoms with E-state index in [1.807, 2.05) is 38.1 Å². The Labute approximate surface area is 144 Å². The number of nitro groups is 1. The van der Waals surface area contributed by atoms with Crippen LogP contribution in [-0.2, 0) is 4.79 Å². The molecule has 0 radical (unpaired) electrons. The molecule has 0 saturated carbocycles. The molecule has 0 aromatic heterocycles. The Balaban J connectivity index is 2.16. The zero-order valence-electron chi connectivity index (χ0n) is 14.1. The lowest BCUT2D eigenvalue weighted by Gasteiger charge is -2.15. The van der Waals surface area contributed by atoms with Gasteiger partial charge in [-0.25, -0.2) is 4.39 Å². The Kier molecular flexibility index (Phi) is 5.49. The Bertz CT molecular complexity index is 847. The minimum atomic E-state index is -0.704. The van der Waals surface area contributed by atoms with Crippen LogP contribution in [0.2, 0.25) is 0 Å². The summed E-state index contributed by atoms with van der Waals surface area (Å²) < 4.78 is 13.1. The molecule has 0 heterocycles. The summed E-state index contributed by atoms with van der Waals surface area (Å²) in [5.41, 5.74) is 2.30. The van der Waals surface area contributed by atoms with Crippen molar-refractivity contribution in [3.05, 3.63) is 69.5 Å². The van der Waals surface area contributed by atoms with Crippen molar-refractivity contribution in [3.63, 3.8) is 0 Å². The van der Waals surface area contributed by atoms with Crippen LogP contribution in [0.25, 0.3) is 6.08 Å². The molecular weight excluding hydrogens is 325 g/mol. The van der Waals surface area contributed by atoms with Gasteiger partial charge in [-0.05, 0) is 48.9 Å². The summed E-state index contributed by atoms with van der Waals surface area (Å²) in [5, 5.41) is 13.7. The number of halogens is 1. The average molecular weight is 343 g/mol. The maximum absolute atomic E-state index is 13.1. The first-order valence-electron chi connectivity index (χ1n) is 7.49. The van der Waals surface area contributed by atoms with Gasteiger partial charge in [-0.2, -0.15) is 0 Å². The molecule has 130 valence electrons. The summed E-state index contributed by atoms with van der Waals surface area (Å²) in [6.07, 6.45) is 2.47. The third-order valence-corrected chi connectivity index (χ3v) is 3.59. The van der Waals surface area contributed by atoms with Gasteiger partial charge in [-0.3, -0.25) is 14.9 Å². The molecule has 0 saturated heterocycles. The summed E-state index contributed by atoms with van der Waals surface area (Å²) in [6, 6.07) is 8.78.